The van der Waals surface area contributed by atoms with Crippen molar-refractivity contribution < 1.29 is 0 Å². The molecule has 0 aliphatic heterocycles. The molecule has 0 aromatic rings. The van der Waals surface area contributed by atoms with Crippen LogP contribution in [-0.4, -0.2) is 0 Å². The quantitative estimate of drug-likeness (QED) is 0.583. The Hall–Kier alpha value is -0.520. The van der Waals surface area contributed by atoms with Crippen molar-refractivity contribution in [3.8, 4) is 0 Å². The van der Waals surface area contributed by atoms with E-state index in [0.717, 1.165) is 17.8 Å². The van der Waals surface area contributed by atoms with E-state index in [1.165, 1.54) is 19.3 Å². The lowest BCUT2D eigenvalue weighted by Crippen LogP contribution is -2.31. The molecule has 0 saturated heterocycles. The summed E-state index contributed by atoms with van der Waals surface area (Å²) in [4.78, 5) is 0. The topological polar surface area (TPSA) is 0 Å². The highest BCUT2D eigenvalue weighted by Crippen LogP contribution is 2.50. The molecule has 0 heterocycles. The van der Waals surface area contributed by atoms with Crippen molar-refractivity contribution in [1.29, 1.82) is 0 Å². The average molecular weight is 218 g/mol. The third kappa shape index (κ3) is 1.99. The molecule has 0 saturated carbocycles. The van der Waals surface area contributed by atoms with Crippen molar-refractivity contribution in [2.45, 2.75) is 53.9 Å². The fourth-order valence-corrected chi connectivity index (χ4v) is 3.75. The van der Waals surface area contributed by atoms with Gasteiger partial charge in [-0.3, -0.25) is 0 Å². The first-order valence-corrected chi connectivity index (χ1v) is 6.83. The van der Waals surface area contributed by atoms with Gasteiger partial charge in [0, 0.05) is 0 Å². The summed E-state index contributed by atoms with van der Waals surface area (Å²) in [7, 11) is 0. The molecule has 0 amide bonds. The number of allylic oxidation sites excluding steroid dienone is 4. The zero-order chi connectivity index (χ0) is 11.9. The van der Waals surface area contributed by atoms with Gasteiger partial charge in [0.25, 0.3) is 0 Å². The van der Waals surface area contributed by atoms with Crippen LogP contribution in [-0.2, 0) is 0 Å². The van der Waals surface area contributed by atoms with Crippen molar-refractivity contribution >= 4 is 0 Å². The molecule has 2 aliphatic carbocycles. The van der Waals surface area contributed by atoms with Crippen LogP contribution >= 0.6 is 0 Å². The number of rotatable bonds is 1. The molecule has 0 spiro atoms. The highest BCUT2D eigenvalue weighted by Gasteiger charge is 2.38. The van der Waals surface area contributed by atoms with E-state index in [2.05, 4.69) is 46.8 Å². The molecule has 90 valence electrons. The van der Waals surface area contributed by atoms with E-state index in [1.807, 2.05) is 0 Å². The smallest absolute Gasteiger partial charge is 0.00701 e. The van der Waals surface area contributed by atoms with Crippen LogP contribution in [0.15, 0.2) is 23.3 Å². The molecule has 0 aromatic carbocycles. The van der Waals surface area contributed by atoms with E-state index in [4.69, 9.17) is 0 Å². The van der Waals surface area contributed by atoms with Crippen molar-refractivity contribution in [2.24, 2.45) is 23.2 Å². The summed E-state index contributed by atoms with van der Waals surface area (Å²) < 4.78 is 0. The maximum absolute atomic E-state index is 2.59. The standard InChI is InChI=1S/C16H26/c1-11(2)14-6-7-16(5)10-12(3)8-13(4)15(16)9-14/h8-9,11-12,14H,6-7,10H2,1-5H3. The van der Waals surface area contributed by atoms with Gasteiger partial charge in [0.05, 0.1) is 0 Å². The molecule has 2 rings (SSSR count). The Balaban J connectivity index is 2.36. The molecule has 3 atom stereocenters. The lowest BCUT2D eigenvalue weighted by Gasteiger charge is -2.44. The van der Waals surface area contributed by atoms with E-state index in [1.54, 1.807) is 11.1 Å². The summed E-state index contributed by atoms with van der Waals surface area (Å²) in [6.07, 6.45) is 9.18. The van der Waals surface area contributed by atoms with Gasteiger partial charge in [0.1, 0.15) is 0 Å². The SMILES string of the molecule is CC1=CC(C)CC2(C)CCC(C(C)C)C=C12. The van der Waals surface area contributed by atoms with Crippen LogP contribution in [0.4, 0.5) is 0 Å². The summed E-state index contributed by atoms with van der Waals surface area (Å²) in [5.74, 6) is 2.36. The molecule has 0 radical (unpaired) electrons. The van der Waals surface area contributed by atoms with Gasteiger partial charge < -0.3 is 0 Å². The van der Waals surface area contributed by atoms with Crippen LogP contribution in [0.25, 0.3) is 0 Å². The van der Waals surface area contributed by atoms with Gasteiger partial charge in [-0.05, 0) is 54.9 Å². The third-order valence-corrected chi connectivity index (χ3v) is 4.65. The van der Waals surface area contributed by atoms with Crippen LogP contribution in [0.5, 0.6) is 0 Å². The Morgan fingerprint density at radius 1 is 1.31 bits per heavy atom. The molecule has 0 nitrogen and oxygen atoms in total. The first-order valence-electron chi connectivity index (χ1n) is 6.83. The normalized spacial score (nSPS) is 39.1. The molecule has 0 fully saturated rings. The Morgan fingerprint density at radius 2 is 2.00 bits per heavy atom. The molecule has 0 N–H and O–H groups in total. The number of hydrogen-bond acceptors (Lipinski definition) is 0. The predicted molar refractivity (Wildman–Crippen MR) is 71.3 cm³/mol. The van der Waals surface area contributed by atoms with Gasteiger partial charge in [-0.15, -0.1) is 0 Å². The Bertz CT molecular complexity index is 332. The largest absolute Gasteiger partial charge is 0.0784 e. The third-order valence-electron chi connectivity index (χ3n) is 4.65. The van der Waals surface area contributed by atoms with E-state index < -0.39 is 0 Å². The Kier molecular flexibility index (Phi) is 3.03. The Morgan fingerprint density at radius 3 is 2.62 bits per heavy atom. The molecular formula is C16H26. The number of hydrogen-bond donors (Lipinski definition) is 0. The molecule has 0 heteroatoms. The first-order chi connectivity index (χ1) is 7.42. The van der Waals surface area contributed by atoms with Crippen LogP contribution in [0, 0.1) is 23.2 Å². The summed E-state index contributed by atoms with van der Waals surface area (Å²) in [5, 5.41) is 0. The van der Waals surface area contributed by atoms with Gasteiger partial charge in [0.2, 0.25) is 0 Å². The molecule has 0 aromatic heterocycles. The highest BCUT2D eigenvalue weighted by molar-refractivity contribution is 5.40. The maximum Gasteiger partial charge on any atom is -0.00701 e. The van der Waals surface area contributed by atoms with Crippen LogP contribution < -0.4 is 0 Å². The van der Waals surface area contributed by atoms with E-state index in [-0.39, 0.29) is 0 Å². The molecule has 2 aliphatic rings. The second-order valence-electron chi connectivity index (χ2n) is 6.62. The van der Waals surface area contributed by atoms with Crippen molar-refractivity contribution in [2.75, 3.05) is 0 Å². The fraction of sp³-hybridized carbons (Fsp3) is 0.750. The van der Waals surface area contributed by atoms with E-state index in [9.17, 15) is 0 Å². The van der Waals surface area contributed by atoms with Gasteiger partial charge in [-0.1, -0.05) is 45.4 Å². The van der Waals surface area contributed by atoms with Gasteiger partial charge >= 0.3 is 0 Å². The first kappa shape index (κ1) is 12.0. The van der Waals surface area contributed by atoms with Crippen LogP contribution in [0.1, 0.15) is 53.9 Å². The van der Waals surface area contributed by atoms with Crippen LogP contribution in [0.2, 0.25) is 0 Å². The summed E-state index contributed by atoms with van der Waals surface area (Å²) >= 11 is 0. The lowest BCUT2D eigenvalue weighted by molar-refractivity contribution is 0.236. The zero-order valence-electron chi connectivity index (χ0n) is 11.5. The Labute approximate surface area is 101 Å². The summed E-state index contributed by atoms with van der Waals surface area (Å²) in [6, 6.07) is 0. The summed E-state index contributed by atoms with van der Waals surface area (Å²) in [5.41, 5.74) is 3.69. The second kappa shape index (κ2) is 4.05. The molecular weight excluding hydrogens is 192 g/mol. The minimum Gasteiger partial charge on any atom is -0.0784 e. The van der Waals surface area contributed by atoms with Gasteiger partial charge in [-0.25, -0.2) is 0 Å². The molecule has 0 bridgehead atoms. The van der Waals surface area contributed by atoms with Crippen molar-refractivity contribution in [3.05, 3.63) is 23.3 Å². The van der Waals surface area contributed by atoms with Gasteiger partial charge in [-0.2, -0.15) is 0 Å². The zero-order valence-corrected chi connectivity index (χ0v) is 11.5. The highest BCUT2D eigenvalue weighted by atomic mass is 14.4. The maximum atomic E-state index is 2.59. The van der Waals surface area contributed by atoms with Crippen molar-refractivity contribution in [3.63, 3.8) is 0 Å². The fourth-order valence-electron chi connectivity index (χ4n) is 3.75. The molecule has 16 heavy (non-hydrogen) atoms. The minimum atomic E-state index is 0.476. The molecule has 3 unspecified atom stereocenters. The number of fused-ring (bicyclic) bond motifs is 1. The average Bonchev–Trinajstić information content (AvgIpc) is 2.15. The van der Waals surface area contributed by atoms with Gasteiger partial charge in [0.15, 0.2) is 0 Å². The van der Waals surface area contributed by atoms with E-state index >= 15 is 0 Å². The summed E-state index contributed by atoms with van der Waals surface area (Å²) in [6.45, 7) is 11.9. The van der Waals surface area contributed by atoms with Crippen LogP contribution in [0.3, 0.4) is 0 Å². The minimum absolute atomic E-state index is 0.476. The van der Waals surface area contributed by atoms with Crippen molar-refractivity contribution in [1.82, 2.24) is 0 Å². The monoisotopic (exact) mass is 218 g/mol. The lowest BCUT2D eigenvalue weighted by atomic mass is 9.61. The predicted octanol–water partition coefficient (Wildman–Crippen LogP) is 4.97. The second-order valence-corrected chi connectivity index (χ2v) is 6.62. The van der Waals surface area contributed by atoms with E-state index in [0.29, 0.717) is 5.41 Å².